The van der Waals surface area contributed by atoms with Crippen LogP contribution in [0.5, 0.6) is 0 Å². The minimum Gasteiger partial charge on any atom is -0.313 e. The number of benzene rings is 1. The van der Waals surface area contributed by atoms with E-state index in [1.54, 1.807) is 6.07 Å². The summed E-state index contributed by atoms with van der Waals surface area (Å²) < 4.78 is 0. The molecule has 0 heterocycles. The summed E-state index contributed by atoms with van der Waals surface area (Å²) in [5.41, 5.74) is 1.14. The van der Waals surface area contributed by atoms with Gasteiger partial charge in [0.1, 0.15) is 0 Å². The van der Waals surface area contributed by atoms with Gasteiger partial charge in [-0.2, -0.15) is 0 Å². The predicted octanol–water partition coefficient (Wildman–Crippen LogP) is 3.91. The highest BCUT2D eigenvalue weighted by molar-refractivity contribution is 6.34. The lowest BCUT2D eigenvalue weighted by Gasteiger charge is -2.21. The average molecular weight is 232 g/mol. The van der Waals surface area contributed by atoms with E-state index in [9.17, 15) is 0 Å². The highest BCUT2D eigenvalue weighted by Gasteiger charge is 2.14. The van der Waals surface area contributed by atoms with Gasteiger partial charge in [0.2, 0.25) is 0 Å². The van der Waals surface area contributed by atoms with Crippen LogP contribution in [0, 0.1) is 5.92 Å². The van der Waals surface area contributed by atoms with Gasteiger partial charge in [-0.1, -0.05) is 37.0 Å². The zero-order valence-electron chi connectivity index (χ0n) is 8.64. The molecular weight excluding hydrogens is 217 g/mol. The van der Waals surface area contributed by atoms with Gasteiger partial charge >= 0.3 is 0 Å². The Labute approximate surface area is 95.4 Å². The number of hydrogen-bond acceptors (Lipinski definition) is 1. The zero-order chi connectivity index (χ0) is 10.7. The van der Waals surface area contributed by atoms with Crippen LogP contribution in [0.2, 0.25) is 10.0 Å². The van der Waals surface area contributed by atoms with Gasteiger partial charge < -0.3 is 5.32 Å². The summed E-state index contributed by atoms with van der Waals surface area (Å²) in [7, 11) is 1.94. The highest BCUT2D eigenvalue weighted by atomic mass is 35.5. The van der Waals surface area contributed by atoms with E-state index in [0.717, 1.165) is 5.56 Å². The molecule has 0 spiro atoms. The molecule has 1 aromatic rings. The molecule has 0 aromatic heterocycles. The summed E-state index contributed by atoms with van der Waals surface area (Å²) in [4.78, 5) is 0. The minimum atomic E-state index is 0.297. The summed E-state index contributed by atoms with van der Waals surface area (Å²) >= 11 is 11.9. The van der Waals surface area contributed by atoms with Crippen molar-refractivity contribution in [1.82, 2.24) is 5.32 Å². The van der Waals surface area contributed by atoms with Crippen LogP contribution in [0.25, 0.3) is 0 Å². The maximum absolute atomic E-state index is 5.94. The summed E-state index contributed by atoms with van der Waals surface area (Å²) in [6.07, 6.45) is 0. The average Bonchev–Trinajstić information content (AvgIpc) is 2.02. The quantitative estimate of drug-likeness (QED) is 0.833. The summed E-state index contributed by atoms with van der Waals surface area (Å²) in [5, 5.41) is 4.63. The second kappa shape index (κ2) is 5.01. The SMILES string of the molecule is CNC(c1cc(Cl)cc(Cl)c1)C(C)C. The molecule has 0 radical (unpaired) electrons. The Kier molecular flexibility index (Phi) is 4.24. The molecule has 0 aliphatic rings. The smallest absolute Gasteiger partial charge is 0.0424 e. The molecule has 3 heteroatoms. The lowest BCUT2D eigenvalue weighted by molar-refractivity contribution is 0.443. The van der Waals surface area contributed by atoms with Crippen molar-refractivity contribution < 1.29 is 0 Å². The maximum atomic E-state index is 5.94. The van der Waals surface area contributed by atoms with E-state index in [-0.39, 0.29) is 0 Å². The molecule has 0 aliphatic carbocycles. The third-order valence-electron chi connectivity index (χ3n) is 2.22. The lowest BCUT2D eigenvalue weighted by atomic mass is 9.96. The van der Waals surface area contributed by atoms with Crippen molar-refractivity contribution in [2.45, 2.75) is 19.9 Å². The molecule has 78 valence electrons. The topological polar surface area (TPSA) is 12.0 Å². The molecular formula is C11H15Cl2N. The van der Waals surface area contributed by atoms with Crippen molar-refractivity contribution >= 4 is 23.2 Å². The van der Waals surface area contributed by atoms with E-state index < -0.39 is 0 Å². The molecule has 1 rings (SSSR count). The molecule has 0 aliphatic heterocycles. The number of rotatable bonds is 3. The normalized spacial score (nSPS) is 13.3. The Hall–Kier alpha value is -0.240. The first kappa shape index (κ1) is 11.8. The Morgan fingerprint density at radius 1 is 1.07 bits per heavy atom. The maximum Gasteiger partial charge on any atom is 0.0424 e. The van der Waals surface area contributed by atoms with Crippen molar-refractivity contribution in [1.29, 1.82) is 0 Å². The van der Waals surface area contributed by atoms with Gasteiger partial charge in [-0.25, -0.2) is 0 Å². The summed E-state index contributed by atoms with van der Waals surface area (Å²) in [6.45, 7) is 4.33. The Morgan fingerprint density at radius 3 is 1.93 bits per heavy atom. The lowest BCUT2D eigenvalue weighted by Crippen LogP contribution is -2.21. The summed E-state index contributed by atoms with van der Waals surface area (Å²) in [5.74, 6) is 0.509. The van der Waals surface area contributed by atoms with Crippen molar-refractivity contribution in [2.75, 3.05) is 7.05 Å². The van der Waals surface area contributed by atoms with Gasteiger partial charge in [-0.15, -0.1) is 0 Å². The van der Waals surface area contributed by atoms with Crippen molar-refractivity contribution in [3.05, 3.63) is 33.8 Å². The third kappa shape index (κ3) is 2.88. The molecule has 1 unspecified atom stereocenters. The monoisotopic (exact) mass is 231 g/mol. The Bertz CT molecular complexity index is 290. The zero-order valence-corrected chi connectivity index (χ0v) is 10.2. The van der Waals surface area contributed by atoms with Crippen LogP contribution in [0.15, 0.2) is 18.2 Å². The molecule has 0 saturated carbocycles. The van der Waals surface area contributed by atoms with Gasteiger partial charge in [0.15, 0.2) is 0 Å². The first-order valence-electron chi connectivity index (χ1n) is 4.68. The largest absolute Gasteiger partial charge is 0.313 e. The fourth-order valence-electron chi connectivity index (χ4n) is 1.64. The van der Waals surface area contributed by atoms with Crippen LogP contribution >= 0.6 is 23.2 Å². The molecule has 0 amide bonds. The third-order valence-corrected chi connectivity index (χ3v) is 2.66. The van der Waals surface area contributed by atoms with Crippen LogP contribution in [0.1, 0.15) is 25.5 Å². The van der Waals surface area contributed by atoms with E-state index >= 15 is 0 Å². The molecule has 0 fully saturated rings. The first-order valence-corrected chi connectivity index (χ1v) is 5.43. The van der Waals surface area contributed by atoms with E-state index in [0.29, 0.717) is 22.0 Å². The molecule has 0 bridgehead atoms. The summed E-state index contributed by atoms with van der Waals surface area (Å²) in [6, 6.07) is 5.95. The highest BCUT2D eigenvalue weighted by Crippen LogP contribution is 2.27. The fourth-order valence-corrected chi connectivity index (χ4v) is 2.18. The number of nitrogens with one attached hydrogen (secondary N) is 1. The second-order valence-corrected chi connectivity index (χ2v) is 4.59. The van der Waals surface area contributed by atoms with Gasteiger partial charge in [0.25, 0.3) is 0 Å². The molecule has 0 saturated heterocycles. The second-order valence-electron chi connectivity index (χ2n) is 3.71. The molecule has 1 nitrogen and oxygen atoms in total. The first-order chi connectivity index (χ1) is 6.54. The fraction of sp³-hybridized carbons (Fsp3) is 0.455. The van der Waals surface area contributed by atoms with E-state index in [1.165, 1.54) is 0 Å². The van der Waals surface area contributed by atoms with Gasteiger partial charge in [-0.05, 0) is 36.7 Å². The van der Waals surface area contributed by atoms with Crippen LogP contribution in [-0.4, -0.2) is 7.05 Å². The van der Waals surface area contributed by atoms with E-state index in [2.05, 4.69) is 19.2 Å². The number of halogens is 2. The molecule has 1 atom stereocenters. The molecule has 14 heavy (non-hydrogen) atoms. The number of hydrogen-bond donors (Lipinski definition) is 1. The predicted molar refractivity (Wildman–Crippen MR) is 63.1 cm³/mol. The minimum absolute atomic E-state index is 0.297. The Morgan fingerprint density at radius 2 is 1.57 bits per heavy atom. The van der Waals surface area contributed by atoms with Gasteiger partial charge in [0, 0.05) is 16.1 Å². The standard InChI is InChI=1S/C11H15Cl2N/c1-7(2)11(14-3)8-4-9(12)6-10(13)5-8/h4-7,11,14H,1-3H3. The Balaban J connectivity index is 3.04. The molecule has 1 aromatic carbocycles. The van der Waals surface area contributed by atoms with E-state index in [4.69, 9.17) is 23.2 Å². The van der Waals surface area contributed by atoms with E-state index in [1.807, 2.05) is 19.2 Å². The van der Waals surface area contributed by atoms with Crippen molar-refractivity contribution in [2.24, 2.45) is 5.92 Å². The van der Waals surface area contributed by atoms with Crippen LogP contribution in [-0.2, 0) is 0 Å². The van der Waals surface area contributed by atoms with Crippen LogP contribution < -0.4 is 5.32 Å². The van der Waals surface area contributed by atoms with Crippen LogP contribution in [0.3, 0.4) is 0 Å². The van der Waals surface area contributed by atoms with Crippen LogP contribution in [0.4, 0.5) is 0 Å². The molecule has 1 N–H and O–H groups in total. The van der Waals surface area contributed by atoms with Crippen molar-refractivity contribution in [3.8, 4) is 0 Å². The van der Waals surface area contributed by atoms with Crippen molar-refractivity contribution in [3.63, 3.8) is 0 Å². The van der Waals surface area contributed by atoms with Gasteiger partial charge in [0.05, 0.1) is 0 Å². The van der Waals surface area contributed by atoms with Gasteiger partial charge in [-0.3, -0.25) is 0 Å².